The fourth-order valence-electron chi connectivity index (χ4n) is 4.02. The van der Waals surface area contributed by atoms with Crippen LogP contribution in [0.4, 0.5) is 10.2 Å². The van der Waals surface area contributed by atoms with Gasteiger partial charge >= 0.3 is 0 Å². The maximum absolute atomic E-state index is 14.3. The highest BCUT2D eigenvalue weighted by Crippen LogP contribution is 2.39. The predicted octanol–water partition coefficient (Wildman–Crippen LogP) is 0.604. The van der Waals surface area contributed by atoms with Crippen LogP contribution in [0.15, 0.2) is 30.7 Å². The zero-order chi connectivity index (χ0) is 19.6. The largest absolute Gasteiger partial charge is 0.387 e. The first-order chi connectivity index (χ1) is 13.5. The summed E-state index contributed by atoms with van der Waals surface area (Å²) in [4.78, 5) is 7.79. The Morgan fingerprint density at radius 3 is 2.68 bits per heavy atom. The fourth-order valence-corrected chi connectivity index (χ4v) is 4.02. The van der Waals surface area contributed by atoms with Gasteiger partial charge in [0.05, 0.1) is 5.39 Å². The van der Waals surface area contributed by atoms with Crippen molar-refractivity contribution in [1.29, 1.82) is 0 Å². The summed E-state index contributed by atoms with van der Waals surface area (Å²) in [5.41, 5.74) is 8.86. The number of aliphatic hydroxyl groups is 3. The van der Waals surface area contributed by atoms with Crippen molar-refractivity contribution in [3.05, 3.63) is 53.2 Å². The zero-order valence-corrected chi connectivity index (χ0v) is 14.7. The van der Waals surface area contributed by atoms with Crippen LogP contribution in [-0.4, -0.2) is 48.2 Å². The van der Waals surface area contributed by atoms with E-state index in [1.807, 2.05) is 12.1 Å². The average Bonchev–Trinajstić information content (AvgIpc) is 3.14. The fraction of sp³-hybridized carbons (Fsp3) is 0.368. The van der Waals surface area contributed by atoms with Crippen LogP contribution in [0.3, 0.4) is 0 Å². The van der Waals surface area contributed by atoms with Crippen molar-refractivity contribution in [3.63, 3.8) is 0 Å². The summed E-state index contributed by atoms with van der Waals surface area (Å²) in [5.74, 6) is -0.697. The normalized spacial score (nSPS) is 27.6. The molecule has 1 aliphatic heterocycles. The molecule has 8 nitrogen and oxygen atoms in total. The highest BCUT2D eigenvalue weighted by atomic mass is 19.1. The number of anilines is 1. The average molecular weight is 386 g/mol. The maximum Gasteiger partial charge on any atom is 0.164 e. The molecule has 1 aliphatic carbocycles. The summed E-state index contributed by atoms with van der Waals surface area (Å²) in [6.07, 6.45) is -1.89. The number of benzene rings is 1. The lowest BCUT2D eigenvalue weighted by molar-refractivity contribution is -0.0849. The predicted molar refractivity (Wildman–Crippen MR) is 96.6 cm³/mol. The van der Waals surface area contributed by atoms with Crippen molar-refractivity contribution in [2.24, 2.45) is 0 Å². The first kappa shape index (κ1) is 17.5. The van der Waals surface area contributed by atoms with E-state index in [-0.39, 0.29) is 16.9 Å². The molecule has 0 unspecified atom stereocenters. The van der Waals surface area contributed by atoms with Crippen molar-refractivity contribution in [2.75, 3.05) is 5.73 Å². The second-order valence-corrected chi connectivity index (χ2v) is 7.29. The number of rotatable bonds is 3. The van der Waals surface area contributed by atoms with Crippen LogP contribution in [0.1, 0.15) is 29.0 Å². The summed E-state index contributed by atoms with van der Waals surface area (Å²) < 4.78 is 21.4. The van der Waals surface area contributed by atoms with Crippen LogP contribution < -0.4 is 5.73 Å². The molecule has 2 aliphatic rings. The van der Waals surface area contributed by atoms with E-state index < -0.39 is 36.5 Å². The Morgan fingerprint density at radius 2 is 1.96 bits per heavy atom. The molecule has 1 fully saturated rings. The van der Waals surface area contributed by atoms with Gasteiger partial charge in [0.15, 0.2) is 17.7 Å². The molecule has 0 bridgehead atoms. The van der Waals surface area contributed by atoms with Gasteiger partial charge in [0.2, 0.25) is 0 Å². The van der Waals surface area contributed by atoms with E-state index in [1.165, 1.54) is 16.5 Å². The Kier molecular flexibility index (Phi) is 3.88. The van der Waals surface area contributed by atoms with Crippen LogP contribution in [0.25, 0.3) is 11.0 Å². The van der Waals surface area contributed by atoms with Crippen molar-refractivity contribution in [3.8, 4) is 0 Å². The lowest BCUT2D eigenvalue weighted by atomic mass is 9.85. The van der Waals surface area contributed by atoms with Gasteiger partial charge in [0.1, 0.15) is 36.6 Å². The summed E-state index contributed by atoms with van der Waals surface area (Å²) >= 11 is 0. The van der Waals surface area contributed by atoms with Gasteiger partial charge in [-0.2, -0.15) is 0 Å². The number of aryl methyl sites for hydroxylation is 2. The molecule has 1 aromatic carbocycles. The van der Waals surface area contributed by atoms with E-state index in [2.05, 4.69) is 9.97 Å². The van der Waals surface area contributed by atoms with E-state index in [0.717, 1.165) is 24.6 Å². The molecule has 0 saturated carbocycles. The Labute approximate surface area is 159 Å². The van der Waals surface area contributed by atoms with Crippen LogP contribution in [0.2, 0.25) is 0 Å². The van der Waals surface area contributed by atoms with Crippen molar-refractivity contribution in [1.82, 2.24) is 14.5 Å². The molecule has 146 valence electrons. The molecule has 5 rings (SSSR count). The Balaban J connectivity index is 1.48. The van der Waals surface area contributed by atoms with Crippen LogP contribution >= 0.6 is 0 Å². The van der Waals surface area contributed by atoms with Crippen LogP contribution in [0.5, 0.6) is 0 Å². The molecule has 3 aromatic rings. The third kappa shape index (κ3) is 2.44. The number of aromatic nitrogens is 3. The molecular formula is C19H19FN4O4. The monoisotopic (exact) mass is 386 g/mol. The van der Waals surface area contributed by atoms with Gasteiger partial charge in [-0.05, 0) is 29.5 Å². The number of hydrogen-bond acceptors (Lipinski definition) is 7. The lowest BCUT2D eigenvalue weighted by Crippen LogP contribution is -2.35. The summed E-state index contributed by atoms with van der Waals surface area (Å²) in [5, 5.41) is 31.8. The molecule has 1 saturated heterocycles. The topological polar surface area (TPSA) is 127 Å². The van der Waals surface area contributed by atoms with Gasteiger partial charge in [-0.3, -0.25) is 0 Å². The molecule has 9 heteroatoms. The van der Waals surface area contributed by atoms with Crippen molar-refractivity contribution in [2.45, 2.75) is 43.5 Å². The van der Waals surface area contributed by atoms with Crippen LogP contribution in [-0.2, 0) is 17.6 Å². The quantitative estimate of drug-likeness (QED) is 0.519. The third-order valence-electron chi connectivity index (χ3n) is 5.69. The SMILES string of the molecule is Nc1ncnc2c1c(F)cn2[C@@H]1O[C@H]([C@H](O)c2ccc3c(c2)CC3)[C@@H](O)[C@H]1O. The number of nitrogens with zero attached hydrogens (tertiary/aromatic N) is 3. The number of halogens is 1. The van der Waals surface area contributed by atoms with Crippen LogP contribution in [0, 0.1) is 5.82 Å². The Hall–Kier alpha value is -2.59. The molecule has 5 N–H and O–H groups in total. The van der Waals surface area contributed by atoms with Crippen molar-refractivity contribution >= 4 is 16.9 Å². The summed E-state index contributed by atoms with van der Waals surface area (Å²) in [6.45, 7) is 0. The van der Waals surface area contributed by atoms with E-state index in [9.17, 15) is 19.7 Å². The lowest BCUT2D eigenvalue weighted by Gasteiger charge is -2.25. The van der Waals surface area contributed by atoms with Gasteiger partial charge in [-0.25, -0.2) is 14.4 Å². The zero-order valence-electron chi connectivity index (χ0n) is 14.7. The minimum Gasteiger partial charge on any atom is -0.387 e. The number of nitrogen functional groups attached to an aromatic ring is 1. The first-order valence-electron chi connectivity index (χ1n) is 9.03. The summed E-state index contributed by atoms with van der Waals surface area (Å²) in [7, 11) is 0. The summed E-state index contributed by atoms with van der Waals surface area (Å²) in [6, 6.07) is 5.62. The van der Waals surface area contributed by atoms with E-state index >= 15 is 0 Å². The second kappa shape index (κ2) is 6.21. The second-order valence-electron chi connectivity index (χ2n) is 7.29. The van der Waals surface area contributed by atoms with Crippen molar-refractivity contribution < 1.29 is 24.4 Å². The number of fused-ring (bicyclic) bond motifs is 2. The minimum atomic E-state index is -1.39. The smallest absolute Gasteiger partial charge is 0.164 e. The highest BCUT2D eigenvalue weighted by molar-refractivity contribution is 5.86. The maximum atomic E-state index is 14.3. The van der Waals surface area contributed by atoms with Gasteiger partial charge in [0, 0.05) is 6.20 Å². The number of hydrogen-bond donors (Lipinski definition) is 4. The highest BCUT2D eigenvalue weighted by Gasteiger charge is 2.48. The van der Waals surface area contributed by atoms with Gasteiger partial charge in [0.25, 0.3) is 0 Å². The molecule has 0 radical (unpaired) electrons. The van der Waals surface area contributed by atoms with E-state index in [0.29, 0.717) is 5.56 Å². The number of aliphatic hydroxyl groups excluding tert-OH is 3. The molecule has 3 heterocycles. The number of nitrogens with two attached hydrogens (primary N) is 1. The molecule has 0 amide bonds. The molecular weight excluding hydrogens is 367 g/mol. The minimum absolute atomic E-state index is 0.0131. The number of ether oxygens (including phenoxy) is 1. The molecule has 5 atom stereocenters. The van der Waals surface area contributed by atoms with E-state index in [4.69, 9.17) is 10.5 Å². The van der Waals surface area contributed by atoms with Gasteiger partial charge in [-0.15, -0.1) is 0 Å². The molecule has 2 aromatic heterocycles. The standard InChI is InChI=1S/C19H19FN4O4/c20-11-6-24(18-12(11)17(21)22-7-23-18)19-15(27)14(26)16(28-19)13(25)10-4-2-8-1-3-9(8)5-10/h2,4-7,13-16,19,25-27H,1,3H2,(H2,21,22,23)/t13-,14+,15-,16-,19-/m1/s1. The Morgan fingerprint density at radius 1 is 1.18 bits per heavy atom. The van der Waals surface area contributed by atoms with E-state index in [1.54, 1.807) is 6.07 Å². The Bertz CT molecular complexity index is 1070. The third-order valence-corrected chi connectivity index (χ3v) is 5.69. The van der Waals surface area contributed by atoms with Gasteiger partial charge in [-0.1, -0.05) is 18.2 Å². The molecule has 0 spiro atoms. The first-order valence-corrected chi connectivity index (χ1v) is 9.03. The van der Waals surface area contributed by atoms with Gasteiger partial charge < -0.3 is 30.4 Å². The molecule has 28 heavy (non-hydrogen) atoms.